The van der Waals surface area contributed by atoms with Gasteiger partial charge in [-0.25, -0.2) is 9.18 Å². The van der Waals surface area contributed by atoms with E-state index in [0.717, 1.165) is 37.8 Å². The fourth-order valence-electron chi connectivity index (χ4n) is 4.63. The molecule has 4 rings (SSSR count). The van der Waals surface area contributed by atoms with E-state index in [1.165, 1.54) is 6.07 Å². The van der Waals surface area contributed by atoms with Crippen LogP contribution in [0.5, 0.6) is 5.75 Å². The van der Waals surface area contributed by atoms with E-state index in [-0.39, 0.29) is 29.7 Å². The normalized spacial score (nSPS) is 23.2. The highest BCUT2D eigenvalue weighted by Crippen LogP contribution is 2.37. The van der Waals surface area contributed by atoms with Crippen molar-refractivity contribution < 1.29 is 36.9 Å². The van der Waals surface area contributed by atoms with Gasteiger partial charge in [-0.2, -0.15) is 13.2 Å². The maximum absolute atomic E-state index is 14.7. The third kappa shape index (κ3) is 5.38. The molecule has 2 aromatic rings. The number of aliphatic hydroxyl groups is 1. The lowest BCUT2D eigenvalue weighted by Crippen LogP contribution is -2.46. The first-order chi connectivity index (χ1) is 16.1. The third-order valence-electron chi connectivity index (χ3n) is 6.54. The first-order valence-corrected chi connectivity index (χ1v) is 11.5. The van der Waals surface area contributed by atoms with E-state index in [9.17, 15) is 27.5 Å². The van der Waals surface area contributed by atoms with Crippen molar-refractivity contribution in [2.24, 2.45) is 0 Å². The maximum Gasteiger partial charge on any atom is 0.416 e. The third-order valence-corrected chi connectivity index (χ3v) is 6.54. The molecule has 1 saturated carbocycles. The number of halogens is 4. The minimum Gasteiger partial charge on any atom is -0.408 e. The highest BCUT2D eigenvalue weighted by Gasteiger charge is 2.32. The van der Waals surface area contributed by atoms with Crippen LogP contribution in [0.2, 0.25) is 0 Å². The Hall–Kier alpha value is -2.59. The molecule has 2 heterocycles. The van der Waals surface area contributed by atoms with Gasteiger partial charge in [0.25, 0.3) is 0 Å². The Morgan fingerprint density at radius 3 is 2.65 bits per heavy atom. The fraction of sp³-hybridized carbons (Fsp3) is 0.542. The van der Waals surface area contributed by atoms with Gasteiger partial charge in [0.15, 0.2) is 5.75 Å². The molecule has 34 heavy (non-hydrogen) atoms. The number of nitrogens with zero attached hydrogens (tertiary/aromatic N) is 1. The van der Waals surface area contributed by atoms with Gasteiger partial charge in [-0.3, -0.25) is 0 Å². The van der Waals surface area contributed by atoms with Gasteiger partial charge in [-0.15, -0.1) is 0 Å². The molecule has 0 bridgehead atoms. The zero-order valence-electron chi connectivity index (χ0n) is 18.8. The number of amides is 1. The largest absolute Gasteiger partial charge is 0.416 e. The van der Waals surface area contributed by atoms with Crippen LogP contribution < -0.4 is 10.1 Å². The van der Waals surface area contributed by atoms with Crippen molar-refractivity contribution in [3.63, 3.8) is 0 Å². The number of hydrogen-bond donors (Lipinski definition) is 2. The molecule has 1 aliphatic heterocycles. The molecule has 1 aromatic heterocycles. The number of hydrogen-bond acceptors (Lipinski definition) is 4. The average molecular weight is 484 g/mol. The predicted octanol–water partition coefficient (Wildman–Crippen LogP) is 5.19. The van der Waals surface area contributed by atoms with E-state index < -0.39 is 35.8 Å². The Balaban J connectivity index is 1.66. The van der Waals surface area contributed by atoms with Crippen molar-refractivity contribution in [3.05, 3.63) is 41.3 Å². The summed E-state index contributed by atoms with van der Waals surface area (Å²) in [6.45, 7) is 2.51. The lowest BCUT2D eigenvalue weighted by molar-refractivity contribution is -0.137. The molecule has 0 radical (unpaired) electrons. The summed E-state index contributed by atoms with van der Waals surface area (Å²) in [5.74, 6) is -0.715. The number of benzene rings is 1. The SMILES string of the molecule is Cc1c(OC(=O)N[C@@H]2CCCC[C@H]2O)cc(-c2cc(C(F)(F)F)ccc2F)n1C[C@@H]1CCCO1. The molecule has 10 heteroatoms. The van der Waals surface area contributed by atoms with Gasteiger partial charge in [-0.05, 0) is 50.8 Å². The van der Waals surface area contributed by atoms with Crippen LogP contribution in [0, 0.1) is 12.7 Å². The number of ether oxygens (including phenoxy) is 2. The zero-order chi connectivity index (χ0) is 24.5. The van der Waals surface area contributed by atoms with E-state index in [1.54, 1.807) is 11.5 Å². The van der Waals surface area contributed by atoms with Gasteiger partial charge in [0.05, 0.1) is 35.2 Å². The van der Waals surface area contributed by atoms with Gasteiger partial charge in [0.2, 0.25) is 0 Å². The van der Waals surface area contributed by atoms with E-state index in [2.05, 4.69) is 5.32 Å². The van der Waals surface area contributed by atoms with Gasteiger partial charge in [0.1, 0.15) is 5.82 Å². The molecule has 3 atom stereocenters. The Bertz CT molecular complexity index is 1030. The smallest absolute Gasteiger partial charge is 0.408 e. The first-order valence-electron chi connectivity index (χ1n) is 11.5. The second-order valence-electron chi connectivity index (χ2n) is 8.91. The number of carbonyl (C=O) groups excluding carboxylic acids is 1. The topological polar surface area (TPSA) is 72.7 Å². The predicted molar refractivity (Wildman–Crippen MR) is 116 cm³/mol. The molecule has 0 spiro atoms. The molecular weight excluding hydrogens is 456 g/mol. The average Bonchev–Trinajstić information content (AvgIpc) is 3.39. The van der Waals surface area contributed by atoms with Gasteiger partial charge < -0.3 is 24.5 Å². The van der Waals surface area contributed by atoms with Crippen LogP contribution in [0.1, 0.15) is 49.8 Å². The number of nitrogens with one attached hydrogen (secondary N) is 1. The monoisotopic (exact) mass is 484 g/mol. The molecule has 2 fully saturated rings. The minimum absolute atomic E-state index is 0.104. The van der Waals surface area contributed by atoms with E-state index in [1.807, 2.05) is 0 Å². The lowest BCUT2D eigenvalue weighted by Gasteiger charge is -2.27. The number of rotatable bonds is 5. The summed E-state index contributed by atoms with van der Waals surface area (Å²) in [6.07, 6.45) is -1.69. The van der Waals surface area contributed by atoms with E-state index >= 15 is 0 Å². The van der Waals surface area contributed by atoms with Gasteiger partial charge in [-0.1, -0.05) is 12.8 Å². The van der Waals surface area contributed by atoms with Crippen molar-refractivity contribution >= 4 is 6.09 Å². The maximum atomic E-state index is 14.7. The van der Waals surface area contributed by atoms with E-state index in [4.69, 9.17) is 9.47 Å². The van der Waals surface area contributed by atoms with Crippen molar-refractivity contribution in [2.75, 3.05) is 6.61 Å². The first kappa shape index (κ1) is 24.5. The summed E-state index contributed by atoms with van der Waals surface area (Å²) < 4.78 is 67.4. The highest BCUT2D eigenvalue weighted by molar-refractivity contribution is 5.73. The second-order valence-corrected chi connectivity index (χ2v) is 8.91. The molecule has 0 unspecified atom stereocenters. The Labute approximate surface area is 194 Å². The number of aromatic nitrogens is 1. The molecule has 6 nitrogen and oxygen atoms in total. The van der Waals surface area contributed by atoms with Crippen LogP contribution in [0.3, 0.4) is 0 Å². The molecule has 186 valence electrons. The number of aliphatic hydroxyl groups excluding tert-OH is 1. The van der Waals surface area contributed by atoms with E-state index in [0.29, 0.717) is 31.2 Å². The molecule has 1 aliphatic carbocycles. The summed E-state index contributed by atoms with van der Waals surface area (Å²) in [6, 6.07) is 3.18. The van der Waals surface area contributed by atoms with Crippen molar-refractivity contribution in [1.82, 2.24) is 9.88 Å². The van der Waals surface area contributed by atoms with Crippen molar-refractivity contribution in [2.45, 2.75) is 76.4 Å². The molecule has 1 amide bonds. The summed E-state index contributed by atoms with van der Waals surface area (Å²) in [7, 11) is 0. The van der Waals surface area contributed by atoms with Gasteiger partial charge in [0, 0.05) is 24.8 Å². The van der Waals surface area contributed by atoms with Crippen molar-refractivity contribution in [3.8, 4) is 17.0 Å². The lowest BCUT2D eigenvalue weighted by atomic mass is 9.93. The Morgan fingerprint density at radius 2 is 1.97 bits per heavy atom. The summed E-state index contributed by atoms with van der Waals surface area (Å²) >= 11 is 0. The van der Waals surface area contributed by atoms with Crippen LogP contribution in [0.25, 0.3) is 11.3 Å². The quantitative estimate of drug-likeness (QED) is 0.573. The summed E-state index contributed by atoms with van der Waals surface area (Å²) in [4.78, 5) is 12.5. The molecule has 2 aliphatic rings. The Kier molecular flexibility index (Phi) is 7.18. The van der Waals surface area contributed by atoms with Crippen LogP contribution in [0.4, 0.5) is 22.4 Å². The van der Waals surface area contributed by atoms with Crippen molar-refractivity contribution in [1.29, 1.82) is 0 Å². The number of carbonyl (C=O) groups is 1. The highest BCUT2D eigenvalue weighted by atomic mass is 19.4. The fourth-order valence-corrected chi connectivity index (χ4v) is 4.63. The molecule has 1 aromatic carbocycles. The summed E-state index contributed by atoms with van der Waals surface area (Å²) in [5, 5.41) is 12.8. The van der Waals surface area contributed by atoms with Gasteiger partial charge >= 0.3 is 12.3 Å². The van der Waals surface area contributed by atoms with Crippen LogP contribution in [-0.2, 0) is 17.5 Å². The molecule has 2 N–H and O–H groups in total. The minimum atomic E-state index is -4.64. The van der Waals surface area contributed by atoms with Crippen LogP contribution in [-0.4, -0.2) is 40.6 Å². The Morgan fingerprint density at radius 1 is 1.21 bits per heavy atom. The zero-order valence-corrected chi connectivity index (χ0v) is 18.8. The molecular formula is C24H28F4N2O4. The second kappa shape index (κ2) is 9.95. The van der Waals surface area contributed by atoms with Crippen LogP contribution in [0.15, 0.2) is 24.3 Å². The summed E-state index contributed by atoms with van der Waals surface area (Å²) in [5.41, 5.74) is -0.592. The standard InChI is InChI=1S/C24H28F4N2O4/c1-14-22(34-23(32)29-19-6-2-3-7-21(19)31)12-20(30(14)13-16-5-4-10-33-16)17-11-15(24(26,27)28)8-9-18(17)25/h8-9,11-12,16,19,21,31H,2-7,10,13H2,1H3,(H,29,32)/t16-,19+,21+/m0/s1. The van der Waals surface area contributed by atoms with Crippen LogP contribution >= 0.6 is 0 Å². The molecule has 1 saturated heterocycles. The number of alkyl halides is 3.